The van der Waals surface area contributed by atoms with Gasteiger partial charge in [0.15, 0.2) is 0 Å². The topological polar surface area (TPSA) is 68.1 Å². The van der Waals surface area contributed by atoms with Crippen LogP contribution in [0.25, 0.3) is 0 Å². The van der Waals surface area contributed by atoms with Crippen molar-refractivity contribution in [1.29, 1.82) is 0 Å². The first kappa shape index (κ1) is 30.9. The number of carbonyl (C=O) groups excluding carboxylic acids is 1. The fourth-order valence-corrected chi connectivity index (χ4v) is 17.0. The number of hydrogen-bond acceptors (Lipinski definition) is 3. The van der Waals surface area contributed by atoms with Gasteiger partial charge in [-0.15, -0.1) is 0 Å². The average Bonchev–Trinajstić information content (AvgIpc) is 2.96. The first-order valence-corrected chi connectivity index (χ1v) is 19.1. The van der Waals surface area contributed by atoms with Crippen LogP contribution in [0.5, 0.6) is 0 Å². The van der Waals surface area contributed by atoms with Crippen LogP contribution >= 0.6 is 42.5 Å². The Morgan fingerprint density at radius 1 is 0.658 bits per heavy atom. The van der Waals surface area contributed by atoms with Crippen molar-refractivity contribution >= 4 is 81.3 Å². The van der Waals surface area contributed by atoms with Gasteiger partial charge < -0.3 is 13.9 Å². The van der Waals surface area contributed by atoms with Crippen molar-refractivity contribution in [2.24, 2.45) is 4.74 Å². The molecule has 0 aliphatic heterocycles. The maximum atomic E-state index is 10.9. The van der Waals surface area contributed by atoms with Gasteiger partial charge in [0.25, 0.3) is 3.79 Å². The van der Waals surface area contributed by atoms with Gasteiger partial charge in [-0.05, 0) is 0 Å². The van der Waals surface area contributed by atoms with E-state index in [2.05, 4.69) is 135 Å². The van der Waals surface area contributed by atoms with Crippen LogP contribution in [0.1, 0.15) is 0 Å². The molecule has 1 radical (unpaired) electrons. The Morgan fingerprint density at radius 2 is 0.921 bits per heavy atom. The summed E-state index contributed by atoms with van der Waals surface area (Å²) in [7, 11) is -1.33. The number of alkyl halides is 3. The predicted octanol–water partition coefficient (Wildman–Crippen LogP) is 5.18. The van der Waals surface area contributed by atoms with Crippen LogP contribution in [0.3, 0.4) is 0 Å². The summed E-state index contributed by atoms with van der Waals surface area (Å²) < 4.78 is 15.7. The van der Waals surface area contributed by atoms with Gasteiger partial charge >= 0.3 is 168 Å². The fraction of sp³-hybridized carbons (Fsp3) is 0.107. The van der Waals surface area contributed by atoms with E-state index < -0.39 is 36.2 Å². The Hall–Kier alpha value is -1.65. The molecule has 10 heteroatoms. The molecule has 0 fully saturated rings. The predicted molar refractivity (Wildman–Crippen MR) is 161 cm³/mol. The van der Waals surface area contributed by atoms with Crippen LogP contribution in [0, 0.1) is 0 Å². The van der Waals surface area contributed by atoms with Crippen molar-refractivity contribution in [2.45, 2.75) is 3.79 Å². The zero-order chi connectivity index (χ0) is 27.7. The molecule has 4 aromatic rings. The molecule has 0 saturated carbocycles. The molecule has 1 N–H and O–H groups in total. The third kappa shape index (κ3) is 7.50. The molecule has 0 aliphatic rings. The van der Waals surface area contributed by atoms with Gasteiger partial charge in [0.05, 0.1) is 0 Å². The molecule has 38 heavy (non-hydrogen) atoms. The van der Waals surface area contributed by atoms with Gasteiger partial charge in [0.1, 0.15) is 0 Å². The average molecular weight is 701 g/mol. The summed E-state index contributed by atoms with van der Waals surface area (Å²) in [5.41, 5.74) is 0. The number of nitrogens with zero attached hydrogens (tertiary/aromatic N) is 1. The van der Waals surface area contributed by atoms with Gasteiger partial charge in [-0.3, -0.25) is 4.79 Å². The first-order chi connectivity index (χ1) is 18.2. The van der Waals surface area contributed by atoms with Gasteiger partial charge in [-0.2, -0.15) is 4.74 Å². The van der Waals surface area contributed by atoms with E-state index in [0.29, 0.717) is 0 Å². The molecular weight excluding hydrogens is 673 g/mol. The molecule has 0 atom stereocenters. The van der Waals surface area contributed by atoms with E-state index in [4.69, 9.17) is 34.8 Å². The second kappa shape index (κ2) is 14.1. The third-order valence-electron chi connectivity index (χ3n) is 5.51. The van der Waals surface area contributed by atoms with Crippen molar-refractivity contribution in [3.63, 3.8) is 0 Å². The van der Waals surface area contributed by atoms with E-state index in [1.165, 1.54) is 14.0 Å². The molecule has 0 saturated heterocycles. The third-order valence-corrected chi connectivity index (χ3v) is 19.6. The first-order valence-electron chi connectivity index (χ1n) is 11.4. The van der Waals surface area contributed by atoms with Crippen molar-refractivity contribution in [1.82, 2.24) is 0 Å². The molecule has 0 bridgehead atoms. The Labute approximate surface area is 242 Å². The molecular formula is C28H27Cl3NO4PSb. The molecule has 1 amide bonds. The second-order valence-corrected chi connectivity index (χ2v) is 21.7. The van der Waals surface area contributed by atoms with Crippen LogP contribution < -0.4 is 14.0 Å². The van der Waals surface area contributed by atoms with E-state index in [9.17, 15) is 9.69 Å². The van der Waals surface area contributed by atoms with Gasteiger partial charge in [0.2, 0.25) is 0 Å². The van der Waals surface area contributed by atoms with Crippen LogP contribution in [-0.2, 0) is 13.8 Å². The van der Waals surface area contributed by atoms with Crippen molar-refractivity contribution in [3.05, 3.63) is 121 Å². The van der Waals surface area contributed by atoms with E-state index in [-0.39, 0.29) is 0 Å². The Balaban J connectivity index is 0.000000263. The fourth-order valence-electron chi connectivity index (χ4n) is 3.83. The minimum atomic E-state index is -3.56. The van der Waals surface area contributed by atoms with E-state index in [1.54, 1.807) is 0 Å². The van der Waals surface area contributed by atoms with E-state index in [1.807, 2.05) is 0 Å². The van der Waals surface area contributed by atoms with Gasteiger partial charge in [-0.25, -0.2) is 0 Å². The number of benzene rings is 4. The minimum absolute atomic E-state index is 1.12. The number of halogens is 3. The van der Waals surface area contributed by atoms with Crippen molar-refractivity contribution in [2.75, 3.05) is 14.2 Å². The van der Waals surface area contributed by atoms with E-state index in [0.717, 1.165) is 14.2 Å². The number of hydrogen-bond donors (Lipinski definition) is 1. The molecule has 0 aliphatic carbocycles. The molecule has 199 valence electrons. The summed E-state index contributed by atoms with van der Waals surface area (Å²) in [5.74, 6) is -1.14. The van der Waals surface area contributed by atoms with Crippen LogP contribution in [0.2, 0.25) is 0 Å². The van der Waals surface area contributed by atoms with Crippen molar-refractivity contribution < 1.29 is 18.7 Å². The zero-order valence-electron chi connectivity index (χ0n) is 20.7. The maximum absolute atomic E-state index is 10.9. The van der Waals surface area contributed by atoms with Crippen LogP contribution in [-0.4, -0.2) is 47.6 Å². The van der Waals surface area contributed by atoms with Crippen LogP contribution in [0.15, 0.2) is 126 Å². The summed E-state index contributed by atoms with van der Waals surface area (Å²) in [6.07, 6.45) is 0. The summed E-state index contributed by atoms with van der Waals surface area (Å²) in [4.78, 5) is 20.2. The molecule has 5 nitrogen and oxygen atoms in total. The molecule has 4 aromatic carbocycles. The number of rotatable bonds is 6. The SMILES string of the molecule is COP(O)(=NC(=O)C(Cl)(Cl)Cl)OC.c1cc[c]([Sb]([c]2ccccc2)([c]2ccccc2)[c]2ccccc2)cc1. The Morgan fingerprint density at radius 3 is 1.13 bits per heavy atom. The van der Waals surface area contributed by atoms with Gasteiger partial charge in [0, 0.05) is 14.2 Å². The zero-order valence-corrected chi connectivity index (χ0v) is 26.4. The molecule has 0 unspecified atom stereocenters. The monoisotopic (exact) mass is 698 g/mol. The van der Waals surface area contributed by atoms with Crippen LogP contribution in [0.4, 0.5) is 0 Å². The molecule has 4 rings (SSSR count). The van der Waals surface area contributed by atoms with Crippen molar-refractivity contribution in [3.8, 4) is 0 Å². The molecule has 0 spiro atoms. The normalized spacial score (nSPS) is 11.7. The van der Waals surface area contributed by atoms with Gasteiger partial charge in [-0.1, -0.05) is 34.8 Å². The Kier molecular flexibility index (Phi) is 11.5. The summed E-state index contributed by atoms with van der Waals surface area (Å²) in [6.45, 7) is 0. The standard InChI is InChI=1S/4C6H5.C4H7Cl3NO4P.Sb/c4*1-2-4-6-5-3-1;1-11-13(10,12-2)8-3(9)4(5,6)7;/h4*1-5H;10H,1-2H3;. The number of amides is 1. The summed E-state index contributed by atoms with van der Waals surface area (Å²) in [5, 5.41) is 0. The quantitative estimate of drug-likeness (QED) is 0.171. The number of carbonyl (C=O) groups is 1. The van der Waals surface area contributed by atoms with E-state index >= 15 is 0 Å². The molecule has 0 heterocycles. The Bertz CT molecular complexity index is 1190. The summed E-state index contributed by atoms with van der Waals surface area (Å²) >= 11 is 12.4. The second-order valence-electron chi connectivity index (χ2n) is 7.77. The summed E-state index contributed by atoms with van der Waals surface area (Å²) in [6, 6.07) is 44.4. The molecule has 0 aromatic heterocycles.